The van der Waals surface area contributed by atoms with Crippen LogP contribution in [-0.4, -0.2) is 83.7 Å². The number of amides is 1. The maximum absolute atomic E-state index is 11.4. The maximum Gasteiger partial charge on any atom is 0.246 e. The number of Topliss-reactive ketones (excluding diaryl/α,β-unsaturated/α-hetero) is 1. The summed E-state index contributed by atoms with van der Waals surface area (Å²) in [6.45, 7) is 6.44. The first-order valence-corrected chi connectivity index (χ1v) is 9.49. The Morgan fingerprint density at radius 3 is 1.96 bits per heavy atom. The molecule has 1 aliphatic rings. The van der Waals surface area contributed by atoms with E-state index in [2.05, 4.69) is 10.6 Å². The van der Waals surface area contributed by atoms with Crippen molar-refractivity contribution in [3.8, 4) is 0 Å². The molecule has 1 amide bonds. The minimum Gasteiger partial charge on any atom is -0.379 e. The minimum atomic E-state index is -0.224. The quantitative estimate of drug-likeness (QED) is 0.314. The van der Waals surface area contributed by atoms with Crippen LogP contribution in [0.1, 0.15) is 32.6 Å². The molecular formula is C18H34N2O6. The topological polar surface area (TPSA) is 95.1 Å². The van der Waals surface area contributed by atoms with E-state index in [4.69, 9.17) is 18.9 Å². The Labute approximate surface area is 156 Å². The zero-order chi connectivity index (χ0) is 18.9. The van der Waals surface area contributed by atoms with Crippen LogP contribution >= 0.6 is 0 Å². The fourth-order valence-corrected chi connectivity index (χ4v) is 2.05. The van der Waals surface area contributed by atoms with Gasteiger partial charge in [-0.15, -0.1) is 0 Å². The minimum absolute atomic E-state index is 0.0286. The molecule has 0 unspecified atom stereocenters. The Balaban J connectivity index is 1.67. The summed E-state index contributed by atoms with van der Waals surface area (Å²) in [5.74, 6) is -0.320. The lowest BCUT2D eigenvalue weighted by atomic mass is 10.4. The smallest absolute Gasteiger partial charge is 0.246 e. The lowest BCUT2D eigenvalue weighted by Crippen LogP contribution is -2.29. The molecule has 8 nitrogen and oxygen atoms in total. The van der Waals surface area contributed by atoms with E-state index < -0.39 is 0 Å². The molecular weight excluding hydrogens is 340 g/mol. The molecule has 0 heterocycles. The van der Waals surface area contributed by atoms with Gasteiger partial charge in [0.05, 0.1) is 26.4 Å². The molecule has 152 valence electrons. The highest BCUT2D eigenvalue weighted by atomic mass is 16.5. The van der Waals surface area contributed by atoms with E-state index in [1.165, 1.54) is 19.8 Å². The zero-order valence-electron chi connectivity index (χ0n) is 15.9. The van der Waals surface area contributed by atoms with Gasteiger partial charge in [-0.3, -0.25) is 9.59 Å². The summed E-state index contributed by atoms with van der Waals surface area (Å²) < 4.78 is 21.2. The van der Waals surface area contributed by atoms with Gasteiger partial charge in [-0.25, -0.2) is 0 Å². The van der Waals surface area contributed by atoms with Crippen LogP contribution in [0.15, 0.2) is 0 Å². The van der Waals surface area contributed by atoms with E-state index in [1.54, 1.807) is 0 Å². The van der Waals surface area contributed by atoms with Crippen molar-refractivity contribution in [2.75, 3.05) is 65.9 Å². The van der Waals surface area contributed by atoms with Gasteiger partial charge in [-0.2, -0.15) is 0 Å². The molecule has 0 radical (unpaired) electrons. The summed E-state index contributed by atoms with van der Waals surface area (Å²) in [6, 6.07) is 0.765. The summed E-state index contributed by atoms with van der Waals surface area (Å²) in [4.78, 5) is 22.0. The van der Waals surface area contributed by atoms with Gasteiger partial charge in [-0.1, -0.05) is 0 Å². The zero-order valence-corrected chi connectivity index (χ0v) is 15.9. The Morgan fingerprint density at radius 2 is 1.38 bits per heavy atom. The van der Waals surface area contributed by atoms with E-state index in [0.717, 1.165) is 32.0 Å². The van der Waals surface area contributed by atoms with Crippen LogP contribution in [0.25, 0.3) is 0 Å². The highest BCUT2D eigenvalue weighted by molar-refractivity contribution is 5.79. The first-order valence-electron chi connectivity index (χ1n) is 9.49. The number of ketones is 1. The van der Waals surface area contributed by atoms with E-state index in [-0.39, 0.29) is 24.9 Å². The van der Waals surface area contributed by atoms with E-state index in [1.807, 2.05) is 0 Å². The fourth-order valence-electron chi connectivity index (χ4n) is 2.05. The van der Waals surface area contributed by atoms with Crippen LogP contribution in [0.3, 0.4) is 0 Å². The number of carbonyl (C=O) groups is 2. The van der Waals surface area contributed by atoms with Crippen molar-refractivity contribution >= 4 is 11.7 Å². The summed E-state index contributed by atoms with van der Waals surface area (Å²) in [7, 11) is 0. The molecule has 8 heteroatoms. The Hall–Kier alpha value is -1.06. The normalized spacial score (nSPS) is 13.7. The molecule has 0 aromatic rings. The average Bonchev–Trinajstić information content (AvgIpc) is 3.42. The average molecular weight is 374 g/mol. The summed E-state index contributed by atoms with van der Waals surface area (Å²) in [6.07, 6.45) is 4.40. The first kappa shape index (κ1) is 23.0. The largest absolute Gasteiger partial charge is 0.379 e. The number of ether oxygens (including phenoxy) is 4. The number of hydrogen-bond acceptors (Lipinski definition) is 7. The highest BCUT2D eigenvalue weighted by Crippen LogP contribution is 2.18. The second-order valence-corrected chi connectivity index (χ2v) is 6.32. The third-order valence-electron chi connectivity index (χ3n) is 3.55. The predicted octanol–water partition coefficient (Wildman–Crippen LogP) is 0.290. The van der Waals surface area contributed by atoms with Gasteiger partial charge >= 0.3 is 0 Å². The SMILES string of the molecule is CC(=O)COCC(=O)NCCCOCCOCCOCCCNC1CC1. The molecule has 1 rings (SSSR count). The van der Waals surface area contributed by atoms with E-state index in [0.29, 0.717) is 39.6 Å². The standard InChI is InChI=1S/C18H34N2O6/c1-16(21)14-26-15-18(22)20-7-3-9-24-11-13-25-12-10-23-8-2-6-19-17-4-5-17/h17,19H,2-15H2,1H3,(H,20,22). The summed E-state index contributed by atoms with van der Waals surface area (Å²) >= 11 is 0. The van der Waals surface area contributed by atoms with Gasteiger partial charge in [0.15, 0.2) is 5.78 Å². The van der Waals surface area contributed by atoms with Crippen molar-refractivity contribution in [1.82, 2.24) is 10.6 Å². The van der Waals surface area contributed by atoms with Gasteiger partial charge < -0.3 is 29.6 Å². The van der Waals surface area contributed by atoms with Crippen LogP contribution in [0.5, 0.6) is 0 Å². The number of carbonyl (C=O) groups excluding carboxylic acids is 2. The molecule has 0 aliphatic heterocycles. The molecule has 1 saturated carbocycles. The van der Waals surface area contributed by atoms with Crippen LogP contribution in [-0.2, 0) is 28.5 Å². The van der Waals surface area contributed by atoms with Crippen LogP contribution in [0.4, 0.5) is 0 Å². The lowest BCUT2D eigenvalue weighted by Gasteiger charge is -2.08. The van der Waals surface area contributed by atoms with Crippen molar-refractivity contribution in [1.29, 1.82) is 0 Å². The number of nitrogens with one attached hydrogen (secondary N) is 2. The molecule has 0 atom stereocenters. The lowest BCUT2D eigenvalue weighted by molar-refractivity contribution is -0.129. The summed E-state index contributed by atoms with van der Waals surface area (Å²) in [5.41, 5.74) is 0. The monoisotopic (exact) mass is 374 g/mol. The third-order valence-corrected chi connectivity index (χ3v) is 3.55. The Bertz CT molecular complexity index is 377. The van der Waals surface area contributed by atoms with Crippen molar-refractivity contribution in [2.24, 2.45) is 0 Å². The molecule has 26 heavy (non-hydrogen) atoms. The van der Waals surface area contributed by atoms with E-state index in [9.17, 15) is 9.59 Å². The third kappa shape index (κ3) is 16.4. The second kappa shape index (κ2) is 16.1. The van der Waals surface area contributed by atoms with Gasteiger partial charge in [0.1, 0.15) is 13.2 Å². The van der Waals surface area contributed by atoms with Crippen molar-refractivity contribution < 1.29 is 28.5 Å². The molecule has 2 N–H and O–H groups in total. The Morgan fingerprint density at radius 1 is 0.808 bits per heavy atom. The first-order chi connectivity index (χ1) is 12.7. The van der Waals surface area contributed by atoms with Crippen LogP contribution in [0, 0.1) is 0 Å². The van der Waals surface area contributed by atoms with Gasteiger partial charge in [0.25, 0.3) is 0 Å². The van der Waals surface area contributed by atoms with Gasteiger partial charge in [-0.05, 0) is 39.2 Å². The molecule has 0 aromatic heterocycles. The fraction of sp³-hybridized carbons (Fsp3) is 0.889. The predicted molar refractivity (Wildman–Crippen MR) is 97.2 cm³/mol. The maximum atomic E-state index is 11.4. The van der Waals surface area contributed by atoms with Gasteiger partial charge in [0.2, 0.25) is 5.91 Å². The Kier molecular flexibility index (Phi) is 14.3. The number of hydrogen-bond donors (Lipinski definition) is 2. The number of rotatable bonds is 19. The van der Waals surface area contributed by atoms with E-state index >= 15 is 0 Å². The van der Waals surface area contributed by atoms with Crippen LogP contribution < -0.4 is 10.6 Å². The molecule has 0 spiro atoms. The molecule has 0 saturated heterocycles. The molecule has 0 bridgehead atoms. The van der Waals surface area contributed by atoms with Crippen molar-refractivity contribution in [3.63, 3.8) is 0 Å². The van der Waals surface area contributed by atoms with Crippen molar-refractivity contribution in [2.45, 2.75) is 38.6 Å². The summed E-state index contributed by atoms with van der Waals surface area (Å²) in [5, 5.41) is 6.14. The molecule has 1 fully saturated rings. The highest BCUT2D eigenvalue weighted by Gasteiger charge is 2.19. The molecule has 0 aromatic carbocycles. The van der Waals surface area contributed by atoms with Crippen LogP contribution in [0.2, 0.25) is 0 Å². The molecule has 1 aliphatic carbocycles. The van der Waals surface area contributed by atoms with Gasteiger partial charge in [0, 0.05) is 25.8 Å². The van der Waals surface area contributed by atoms with Crippen molar-refractivity contribution in [3.05, 3.63) is 0 Å². The second-order valence-electron chi connectivity index (χ2n) is 6.32.